The molecule has 2 atom stereocenters. The normalized spacial score (nSPS) is 31.6. The Labute approximate surface area is 125 Å². The van der Waals surface area contributed by atoms with Crippen molar-refractivity contribution in [2.24, 2.45) is 0 Å². The van der Waals surface area contributed by atoms with Gasteiger partial charge in [0.15, 0.2) is 0 Å². The summed E-state index contributed by atoms with van der Waals surface area (Å²) >= 11 is 7.26. The summed E-state index contributed by atoms with van der Waals surface area (Å²) in [6.07, 6.45) is 5.27. The fourth-order valence-corrected chi connectivity index (χ4v) is 4.60. The number of fused-ring (bicyclic) bond motifs is 2. The standard InChI is InChI=1S/C14H18Br2N2/c1-18-10-5-6-11(18)8-9(7-10)17-14-12(15)3-2-4-13(14)16/h2-4,9-11,17H,5-8H2,1H3. The molecule has 0 amide bonds. The monoisotopic (exact) mass is 372 g/mol. The maximum absolute atomic E-state index is 3.72. The summed E-state index contributed by atoms with van der Waals surface area (Å²) in [5.74, 6) is 0. The van der Waals surface area contributed by atoms with Crippen LogP contribution < -0.4 is 5.32 Å². The van der Waals surface area contributed by atoms with Crippen LogP contribution in [0.1, 0.15) is 25.7 Å². The number of rotatable bonds is 2. The van der Waals surface area contributed by atoms with Gasteiger partial charge >= 0.3 is 0 Å². The number of para-hydroxylation sites is 1. The Morgan fingerprint density at radius 3 is 2.22 bits per heavy atom. The van der Waals surface area contributed by atoms with Crippen LogP contribution in [0.25, 0.3) is 0 Å². The van der Waals surface area contributed by atoms with Crippen molar-refractivity contribution in [2.75, 3.05) is 12.4 Å². The van der Waals surface area contributed by atoms with Gasteiger partial charge in [0.05, 0.1) is 5.69 Å². The average molecular weight is 374 g/mol. The second kappa shape index (κ2) is 5.14. The fraction of sp³-hybridized carbons (Fsp3) is 0.571. The Kier molecular flexibility index (Phi) is 3.70. The van der Waals surface area contributed by atoms with Crippen LogP contribution in [-0.2, 0) is 0 Å². The van der Waals surface area contributed by atoms with E-state index in [-0.39, 0.29) is 0 Å². The van der Waals surface area contributed by atoms with Gasteiger partial charge in [-0.25, -0.2) is 0 Å². The molecule has 1 aromatic rings. The number of hydrogen-bond acceptors (Lipinski definition) is 2. The lowest BCUT2D eigenvalue weighted by Crippen LogP contribution is -2.44. The smallest absolute Gasteiger partial charge is 0.0631 e. The fourth-order valence-electron chi connectivity index (χ4n) is 3.37. The zero-order valence-electron chi connectivity index (χ0n) is 10.5. The highest BCUT2D eigenvalue weighted by Crippen LogP contribution is 2.38. The van der Waals surface area contributed by atoms with E-state index in [0.717, 1.165) is 21.0 Å². The topological polar surface area (TPSA) is 15.3 Å². The third-order valence-corrected chi connectivity index (χ3v) is 5.73. The molecule has 2 aliphatic rings. The summed E-state index contributed by atoms with van der Waals surface area (Å²) in [6.45, 7) is 0. The average Bonchev–Trinajstić information content (AvgIpc) is 2.58. The highest BCUT2D eigenvalue weighted by Gasteiger charge is 2.38. The SMILES string of the molecule is CN1C2CCC1CC(Nc1c(Br)cccc1Br)C2. The molecule has 0 aliphatic carbocycles. The summed E-state index contributed by atoms with van der Waals surface area (Å²) in [6, 6.07) is 8.41. The molecule has 1 N–H and O–H groups in total. The van der Waals surface area contributed by atoms with Gasteiger partial charge in [0, 0.05) is 27.1 Å². The maximum atomic E-state index is 3.72. The van der Waals surface area contributed by atoms with E-state index < -0.39 is 0 Å². The maximum Gasteiger partial charge on any atom is 0.0631 e. The van der Waals surface area contributed by atoms with Crippen molar-refractivity contribution in [2.45, 2.75) is 43.8 Å². The van der Waals surface area contributed by atoms with Crippen LogP contribution in [0.5, 0.6) is 0 Å². The van der Waals surface area contributed by atoms with Crippen molar-refractivity contribution in [1.29, 1.82) is 0 Å². The Morgan fingerprint density at radius 1 is 1.11 bits per heavy atom. The Hall–Kier alpha value is -0.0600. The predicted octanol–water partition coefficient (Wildman–Crippen LogP) is 4.25. The highest BCUT2D eigenvalue weighted by molar-refractivity contribution is 9.11. The third kappa shape index (κ3) is 2.35. The van der Waals surface area contributed by atoms with Gasteiger partial charge in [-0.1, -0.05) is 6.07 Å². The number of anilines is 1. The number of benzene rings is 1. The molecule has 0 saturated carbocycles. The molecule has 0 spiro atoms. The Morgan fingerprint density at radius 2 is 1.67 bits per heavy atom. The van der Waals surface area contributed by atoms with Crippen LogP contribution in [0.4, 0.5) is 5.69 Å². The first-order valence-corrected chi connectivity index (χ1v) is 8.16. The zero-order chi connectivity index (χ0) is 12.7. The molecule has 2 fully saturated rings. The lowest BCUT2D eigenvalue weighted by atomic mass is 9.98. The van der Waals surface area contributed by atoms with E-state index in [9.17, 15) is 0 Å². The Balaban J connectivity index is 1.74. The molecule has 2 aliphatic heterocycles. The molecule has 4 heteroatoms. The number of nitrogens with one attached hydrogen (secondary N) is 1. The van der Waals surface area contributed by atoms with E-state index >= 15 is 0 Å². The van der Waals surface area contributed by atoms with E-state index in [4.69, 9.17) is 0 Å². The van der Waals surface area contributed by atoms with Gasteiger partial charge in [0.25, 0.3) is 0 Å². The van der Waals surface area contributed by atoms with Crippen molar-refractivity contribution in [3.8, 4) is 0 Å². The molecule has 98 valence electrons. The molecule has 2 unspecified atom stereocenters. The molecule has 1 aromatic carbocycles. The first-order chi connectivity index (χ1) is 8.65. The van der Waals surface area contributed by atoms with Crippen molar-refractivity contribution in [3.05, 3.63) is 27.1 Å². The second-order valence-electron chi connectivity index (χ2n) is 5.46. The number of halogens is 2. The summed E-state index contributed by atoms with van der Waals surface area (Å²) in [5, 5.41) is 3.72. The van der Waals surface area contributed by atoms with Crippen LogP contribution in [0, 0.1) is 0 Å². The van der Waals surface area contributed by atoms with Gasteiger partial charge in [-0.2, -0.15) is 0 Å². The number of piperidine rings is 1. The van der Waals surface area contributed by atoms with E-state index in [1.165, 1.54) is 31.4 Å². The summed E-state index contributed by atoms with van der Waals surface area (Å²) in [7, 11) is 2.28. The van der Waals surface area contributed by atoms with Gasteiger partial charge < -0.3 is 10.2 Å². The first-order valence-electron chi connectivity index (χ1n) is 6.57. The summed E-state index contributed by atoms with van der Waals surface area (Å²) < 4.78 is 2.28. The van der Waals surface area contributed by atoms with Gasteiger partial charge in [-0.05, 0) is 76.7 Å². The lowest BCUT2D eigenvalue weighted by Gasteiger charge is -2.37. The number of nitrogens with zero attached hydrogens (tertiary/aromatic N) is 1. The summed E-state index contributed by atoms with van der Waals surface area (Å²) in [5.41, 5.74) is 1.20. The molecule has 2 saturated heterocycles. The zero-order valence-corrected chi connectivity index (χ0v) is 13.7. The predicted molar refractivity (Wildman–Crippen MR) is 83.1 cm³/mol. The van der Waals surface area contributed by atoms with E-state index in [0.29, 0.717) is 6.04 Å². The van der Waals surface area contributed by atoms with Gasteiger partial charge in [0.1, 0.15) is 0 Å². The molecule has 0 radical (unpaired) electrons. The van der Waals surface area contributed by atoms with Gasteiger partial charge in [-0.15, -0.1) is 0 Å². The lowest BCUT2D eigenvalue weighted by molar-refractivity contribution is 0.169. The minimum Gasteiger partial charge on any atom is -0.380 e. The van der Waals surface area contributed by atoms with Crippen molar-refractivity contribution < 1.29 is 0 Å². The van der Waals surface area contributed by atoms with Crippen molar-refractivity contribution in [1.82, 2.24) is 4.90 Å². The van der Waals surface area contributed by atoms with Crippen molar-refractivity contribution in [3.63, 3.8) is 0 Å². The van der Waals surface area contributed by atoms with Crippen molar-refractivity contribution >= 4 is 37.5 Å². The molecule has 2 bridgehead atoms. The van der Waals surface area contributed by atoms with E-state index in [2.05, 4.69) is 67.3 Å². The highest BCUT2D eigenvalue weighted by atomic mass is 79.9. The second-order valence-corrected chi connectivity index (χ2v) is 7.17. The van der Waals surface area contributed by atoms with E-state index in [1.807, 2.05) is 0 Å². The first kappa shape index (κ1) is 12.9. The van der Waals surface area contributed by atoms with Crippen LogP contribution in [0.2, 0.25) is 0 Å². The van der Waals surface area contributed by atoms with Crippen LogP contribution in [0.3, 0.4) is 0 Å². The molecule has 3 rings (SSSR count). The van der Waals surface area contributed by atoms with E-state index in [1.54, 1.807) is 0 Å². The molecular weight excluding hydrogens is 356 g/mol. The minimum atomic E-state index is 0.605. The van der Waals surface area contributed by atoms with Crippen LogP contribution in [-0.4, -0.2) is 30.1 Å². The molecule has 2 nitrogen and oxygen atoms in total. The van der Waals surface area contributed by atoms with Crippen LogP contribution >= 0.6 is 31.9 Å². The third-order valence-electron chi connectivity index (χ3n) is 4.41. The largest absolute Gasteiger partial charge is 0.380 e. The number of hydrogen-bond donors (Lipinski definition) is 1. The summed E-state index contributed by atoms with van der Waals surface area (Å²) in [4.78, 5) is 2.58. The van der Waals surface area contributed by atoms with Crippen LogP contribution in [0.15, 0.2) is 27.1 Å². The molecule has 2 heterocycles. The van der Waals surface area contributed by atoms with Gasteiger partial charge in [-0.3, -0.25) is 0 Å². The Bertz CT molecular complexity index is 415. The molecule has 0 aromatic heterocycles. The minimum absolute atomic E-state index is 0.605. The van der Waals surface area contributed by atoms with Gasteiger partial charge in [0.2, 0.25) is 0 Å². The molecule has 18 heavy (non-hydrogen) atoms. The molecular formula is C14H18Br2N2. The quantitative estimate of drug-likeness (QED) is 0.833.